The van der Waals surface area contributed by atoms with Gasteiger partial charge in [-0.05, 0) is 18.2 Å². The molecule has 2 aromatic carbocycles. The van der Waals surface area contributed by atoms with Crippen molar-refractivity contribution in [1.29, 1.82) is 0 Å². The molecular formula is C19H20N2O5S. The van der Waals surface area contributed by atoms with Gasteiger partial charge in [0, 0.05) is 55.0 Å². The van der Waals surface area contributed by atoms with E-state index in [1.807, 2.05) is 0 Å². The molecule has 0 atom stereocenters. The summed E-state index contributed by atoms with van der Waals surface area (Å²) in [5, 5.41) is 0.588. The lowest BCUT2D eigenvalue weighted by molar-refractivity contribution is 0.112. The number of hydrogen-bond donors (Lipinski definition) is 0. The summed E-state index contributed by atoms with van der Waals surface area (Å²) in [6, 6.07) is 9.62. The standard InChI is InChI=1S/C19H20N2O5S/c1-20-11-13(12-22)18-10-17(5-6-19(18)20)27(23,24)21(2)14-7-15(25-3)9-16(8-14)26-4/h5-12H,1-4H3. The minimum atomic E-state index is -3.85. The molecule has 0 N–H and O–H groups in total. The molecule has 0 bridgehead atoms. The highest BCUT2D eigenvalue weighted by atomic mass is 32.2. The molecule has 0 unspecified atom stereocenters. The first-order valence-electron chi connectivity index (χ1n) is 8.08. The molecule has 0 amide bonds. The van der Waals surface area contributed by atoms with Gasteiger partial charge in [-0.2, -0.15) is 0 Å². The van der Waals surface area contributed by atoms with Crippen LogP contribution in [0.4, 0.5) is 5.69 Å². The fourth-order valence-electron chi connectivity index (χ4n) is 2.93. The normalized spacial score (nSPS) is 11.4. The van der Waals surface area contributed by atoms with Gasteiger partial charge < -0.3 is 14.0 Å². The Labute approximate surface area is 157 Å². The molecule has 3 rings (SSSR count). The SMILES string of the molecule is COc1cc(OC)cc(N(C)S(=O)(=O)c2ccc3c(c2)c(C=O)cn3C)c1. The maximum Gasteiger partial charge on any atom is 0.264 e. The number of fused-ring (bicyclic) bond motifs is 1. The number of hydrogen-bond acceptors (Lipinski definition) is 5. The van der Waals surface area contributed by atoms with Gasteiger partial charge in [0.05, 0.1) is 24.8 Å². The molecule has 0 fully saturated rings. The summed E-state index contributed by atoms with van der Waals surface area (Å²) < 4.78 is 39.6. The largest absolute Gasteiger partial charge is 0.497 e. The van der Waals surface area contributed by atoms with Crippen molar-refractivity contribution in [1.82, 2.24) is 4.57 Å². The first kappa shape index (κ1) is 18.8. The third-order valence-corrected chi connectivity index (χ3v) is 6.26. The van der Waals surface area contributed by atoms with Gasteiger partial charge in [0.15, 0.2) is 6.29 Å². The van der Waals surface area contributed by atoms with Gasteiger partial charge in [0.2, 0.25) is 0 Å². The van der Waals surface area contributed by atoms with Gasteiger partial charge in [-0.25, -0.2) is 8.42 Å². The van der Waals surface area contributed by atoms with Gasteiger partial charge in [-0.1, -0.05) is 0 Å². The van der Waals surface area contributed by atoms with E-state index < -0.39 is 10.0 Å². The number of benzene rings is 2. The lowest BCUT2D eigenvalue weighted by atomic mass is 10.2. The minimum absolute atomic E-state index is 0.0913. The Morgan fingerprint density at radius 2 is 1.67 bits per heavy atom. The second-order valence-electron chi connectivity index (χ2n) is 6.04. The quantitative estimate of drug-likeness (QED) is 0.607. The van der Waals surface area contributed by atoms with Crippen LogP contribution in [0.25, 0.3) is 10.9 Å². The summed E-state index contributed by atoms with van der Waals surface area (Å²) in [6.07, 6.45) is 2.39. The van der Waals surface area contributed by atoms with Crippen molar-refractivity contribution in [2.45, 2.75) is 4.90 Å². The number of nitrogens with zero attached hydrogens (tertiary/aromatic N) is 2. The molecule has 142 valence electrons. The smallest absolute Gasteiger partial charge is 0.264 e. The highest BCUT2D eigenvalue weighted by Gasteiger charge is 2.23. The van der Waals surface area contributed by atoms with Crippen LogP contribution >= 0.6 is 0 Å². The second-order valence-corrected chi connectivity index (χ2v) is 8.00. The molecule has 0 saturated carbocycles. The molecule has 1 heterocycles. The van der Waals surface area contributed by atoms with Gasteiger partial charge in [0.25, 0.3) is 10.0 Å². The summed E-state index contributed by atoms with van der Waals surface area (Å²) in [6.45, 7) is 0. The maximum atomic E-state index is 13.1. The summed E-state index contributed by atoms with van der Waals surface area (Å²) in [4.78, 5) is 11.4. The third-order valence-electron chi connectivity index (χ3n) is 4.48. The number of anilines is 1. The van der Waals surface area contributed by atoms with E-state index in [9.17, 15) is 13.2 Å². The zero-order valence-electron chi connectivity index (χ0n) is 15.5. The number of methoxy groups -OCH3 is 2. The zero-order valence-corrected chi connectivity index (χ0v) is 16.3. The number of rotatable bonds is 6. The van der Waals surface area contributed by atoms with Crippen LogP contribution in [0.3, 0.4) is 0 Å². The predicted octanol–water partition coefficient (Wildman–Crippen LogP) is 2.83. The second kappa shape index (κ2) is 6.96. The van der Waals surface area contributed by atoms with Gasteiger partial charge in [-0.15, -0.1) is 0 Å². The van der Waals surface area contributed by atoms with Crippen LogP contribution in [-0.4, -0.2) is 40.5 Å². The summed E-state index contributed by atoms with van der Waals surface area (Å²) in [5.41, 5.74) is 1.62. The molecule has 27 heavy (non-hydrogen) atoms. The van der Waals surface area contributed by atoms with Crippen molar-refractivity contribution in [3.05, 3.63) is 48.2 Å². The highest BCUT2D eigenvalue weighted by Crippen LogP contribution is 2.32. The molecule has 0 saturated heterocycles. The van der Waals surface area contributed by atoms with Crippen LogP contribution < -0.4 is 13.8 Å². The van der Waals surface area contributed by atoms with Crippen molar-refractivity contribution in [2.24, 2.45) is 7.05 Å². The van der Waals surface area contributed by atoms with Crippen LogP contribution in [-0.2, 0) is 17.1 Å². The van der Waals surface area contributed by atoms with E-state index in [4.69, 9.17) is 9.47 Å². The zero-order chi connectivity index (χ0) is 19.8. The van der Waals surface area contributed by atoms with E-state index in [0.717, 1.165) is 16.1 Å². The maximum absolute atomic E-state index is 13.1. The topological polar surface area (TPSA) is 77.8 Å². The lowest BCUT2D eigenvalue weighted by Crippen LogP contribution is -2.26. The number of aldehydes is 1. The van der Waals surface area contributed by atoms with E-state index in [1.54, 1.807) is 42.1 Å². The molecule has 8 heteroatoms. The molecule has 0 aliphatic heterocycles. The Bertz CT molecular complexity index is 1100. The number of ether oxygens (including phenoxy) is 2. The molecule has 0 spiro atoms. The first-order chi connectivity index (χ1) is 12.8. The molecule has 0 aliphatic rings. The molecule has 0 radical (unpaired) electrons. The van der Waals surface area contributed by atoms with E-state index in [0.29, 0.717) is 28.1 Å². The Morgan fingerprint density at radius 3 is 2.22 bits per heavy atom. The molecule has 3 aromatic rings. The third kappa shape index (κ3) is 3.23. The van der Waals surface area contributed by atoms with Gasteiger partial charge >= 0.3 is 0 Å². The Kier molecular flexibility index (Phi) is 4.84. The lowest BCUT2D eigenvalue weighted by Gasteiger charge is -2.21. The summed E-state index contributed by atoms with van der Waals surface area (Å²) in [5.74, 6) is 0.960. The Balaban J connectivity index is 2.11. The van der Waals surface area contributed by atoms with Crippen LogP contribution in [0, 0.1) is 0 Å². The van der Waals surface area contributed by atoms with Crippen molar-refractivity contribution in [3.8, 4) is 11.5 Å². The van der Waals surface area contributed by atoms with Crippen molar-refractivity contribution in [3.63, 3.8) is 0 Å². The first-order valence-corrected chi connectivity index (χ1v) is 9.52. The number of sulfonamides is 1. The predicted molar refractivity (Wildman–Crippen MR) is 103 cm³/mol. The summed E-state index contributed by atoms with van der Waals surface area (Å²) in [7, 11) is 2.40. The molecule has 7 nitrogen and oxygen atoms in total. The Hall–Kier alpha value is -3.00. The van der Waals surface area contributed by atoms with Gasteiger partial charge in [0.1, 0.15) is 11.5 Å². The van der Waals surface area contributed by atoms with Crippen LogP contribution in [0.5, 0.6) is 11.5 Å². The van der Waals surface area contributed by atoms with E-state index >= 15 is 0 Å². The van der Waals surface area contributed by atoms with Crippen molar-refractivity contribution < 1.29 is 22.7 Å². The van der Waals surface area contributed by atoms with E-state index in [-0.39, 0.29) is 4.90 Å². The average Bonchev–Trinajstić information content (AvgIpc) is 3.02. The van der Waals surface area contributed by atoms with Crippen molar-refractivity contribution >= 4 is 32.9 Å². The monoisotopic (exact) mass is 388 g/mol. The molecular weight excluding hydrogens is 368 g/mol. The van der Waals surface area contributed by atoms with E-state index in [1.165, 1.54) is 33.4 Å². The fraction of sp³-hybridized carbons (Fsp3) is 0.211. The Morgan fingerprint density at radius 1 is 1.04 bits per heavy atom. The summed E-state index contributed by atoms with van der Waals surface area (Å²) >= 11 is 0. The van der Waals surface area contributed by atoms with E-state index in [2.05, 4.69) is 0 Å². The van der Waals surface area contributed by atoms with Crippen LogP contribution in [0.1, 0.15) is 10.4 Å². The van der Waals surface area contributed by atoms with Crippen molar-refractivity contribution in [2.75, 3.05) is 25.6 Å². The number of aromatic nitrogens is 1. The minimum Gasteiger partial charge on any atom is -0.497 e. The van der Waals surface area contributed by atoms with Crippen LogP contribution in [0.15, 0.2) is 47.5 Å². The number of carbonyl (C=O) groups is 1. The fourth-order valence-corrected chi connectivity index (χ4v) is 4.13. The molecule has 1 aromatic heterocycles. The number of aryl methyl sites for hydroxylation is 1. The van der Waals surface area contributed by atoms with Gasteiger partial charge in [-0.3, -0.25) is 9.10 Å². The van der Waals surface area contributed by atoms with Crippen LogP contribution in [0.2, 0.25) is 0 Å². The molecule has 0 aliphatic carbocycles. The highest BCUT2D eigenvalue weighted by molar-refractivity contribution is 7.92. The number of carbonyl (C=O) groups excluding carboxylic acids is 1. The average molecular weight is 388 g/mol.